The van der Waals surface area contributed by atoms with Crippen molar-refractivity contribution >= 4 is 10.9 Å². The van der Waals surface area contributed by atoms with Gasteiger partial charge in [-0.1, -0.05) is 18.2 Å². The van der Waals surface area contributed by atoms with Crippen molar-refractivity contribution in [3.8, 4) is 0 Å². The van der Waals surface area contributed by atoms with Gasteiger partial charge in [-0.05, 0) is 38.5 Å². The summed E-state index contributed by atoms with van der Waals surface area (Å²) in [6.07, 6.45) is 0. The molecule has 3 nitrogen and oxygen atoms in total. The largest absolute Gasteiger partial charge is 0.329 e. The minimum Gasteiger partial charge on any atom is -0.329 e. The number of benzene rings is 1. The zero-order valence-electron chi connectivity index (χ0n) is 12.1. The number of nitrogens with zero attached hydrogens (tertiary/aromatic N) is 2. The van der Waals surface area contributed by atoms with E-state index in [1.54, 1.807) is 0 Å². The molecule has 0 fully saturated rings. The van der Waals surface area contributed by atoms with Crippen LogP contribution in [-0.4, -0.2) is 29.0 Å². The first-order valence-electron chi connectivity index (χ1n) is 6.91. The predicted molar refractivity (Wildman–Crippen MR) is 81.1 cm³/mol. The van der Waals surface area contributed by atoms with Crippen LogP contribution in [0, 0.1) is 6.92 Å². The molecular weight excluding hydrogens is 234 g/mol. The van der Waals surface area contributed by atoms with Gasteiger partial charge in [0.2, 0.25) is 0 Å². The molecule has 0 aliphatic rings. The average Bonchev–Trinajstić information content (AvgIpc) is 2.37. The van der Waals surface area contributed by atoms with Gasteiger partial charge in [0.05, 0.1) is 5.52 Å². The molecule has 1 heterocycles. The lowest BCUT2D eigenvalue weighted by Crippen LogP contribution is -2.34. The van der Waals surface area contributed by atoms with Crippen molar-refractivity contribution in [1.29, 1.82) is 0 Å². The number of nitrogens with two attached hydrogens (primary N) is 1. The molecule has 0 saturated heterocycles. The van der Waals surface area contributed by atoms with Crippen LogP contribution in [0.5, 0.6) is 0 Å². The maximum Gasteiger partial charge on any atom is 0.0708 e. The van der Waals surface area contributed by atoms with Crippen molar-refractivity contribution in [3.05, 3.63) is 41.6 Å². The van der Waals surface area contributed by atoms with Gasteiger partial charge < -0.3 is 5.73 Å². The van der Waals surface area contributed by atoms with E-state index in [0.29, 0.717) is 12.6 Å². The lowest BCUT2D eigenvalue weighted by molar-refractivity contribution is 0.220. The van der Waals surface area contributed by atoms with Crippen molar-refractivity contribution in [2.75, 3.05) is 13.1 Å². The third kappa shape index (κ3) is 3.31. The molecule has 0 aliphatic carbocycles. The molecule has 0 bridgehead atoms. The number of aryl methyl sites for hydroxylation is 1. The van der Waals surface area contributed by atoms with Crippen molar-refractivity contribution in [3.63, 3.8) is 0 Å². The van der Waals surface area contributed by atoms with Crippen LogP contribution >= 0.6 is 0 Å². The first-order chi connectivity index (χ1) is 9.11. The highest BCUT2D eigenvalue weighted by molar-refractivity contribution is 5.82. The van der Waals surface area contributed by atoms with E-state index in [1.165, 1.54) is 10.9 Å². The van der Waals surface area contributed by atoms with Crippen LogP contribution in [-0.2, 0) is 6.54 Å². The van der Waals surface area contributed by atoms with Gasteiger partial charge >= 0.3 is 0 Å². The second-order valence-corrected chi connectivity index (χ2v) is 5.29. The van der Waals surface area contributed by atoms with Gasteiger partial charge in [0.25, 0.3) is 0 Å². The second-order valence-electron chi connectivity index (χ2n) is 5.29. The van der Waals surface area contributed by atoms with Gasteiger partial charge in [0.15, 0.2) is 0 Å². The number of fused-ring (bicyclic) bond motifs is 1. The number of hydrogen-bond acceptors (Lipinski definition) is 3. The highest BCUT2D eigenvalue weighted by Gasteiger charge is 2.12. The number of pyridine rings is 1. The number of aromatic nitrogens is 1. The Labute approximate surface area is 115 Å². The van der Waals surface area contributed by atoms with E-state index in [2.05, 4.69) is 54.9 Å². The Kier molecular flexibility index (Phi) is 4.51. The molecule has 2 N–H and O–H groups in total. The van der Waals surface area contributed by atoms with Gasteiger partial charge in [-0.15, -0.1) is 0 Å². The number of para-hydroxylation sites is 1. The van der Waals surface area contributed by atoms with Gasteiger partial charge in [0, 0.05) is 36.8 Å². The molecule has 0 spiro atoms. The highest BCUT2D eigenvalue weighted by atomic mass is 15.1. The summed E-state index contributed by atoms with van der Waals surface area (Å²) in [5, 5.41) is 1.25. The van der Waals surface area contributed by atoms with Gasteiger partial charge in [-0.25, -0.2) is 0 Å². The van der Waals surface area contributed by atoms with Crippen molar-refractivity contribution < 1.29 is 0 Å². The summed E-state index contributed by atoms with van der Waals surface area (Å²) in [6.45, 7) is 9.03. The standard InChI is InChI=1S/C16H23N3/c1-12(2)19(9-8-17)11-14-10-13(3)18-16-7-5-4-6-15(14)16/h4-7,10,12H,8-9,11,17H2,1-3H3. The molecular formula is C16H23N3. The maximum atomic E-state index is 5.71. The Morgan fingerprint density at radius 1 is 1.26 bits per heavy atom. The molecule has 2 rings (SSSR count). The zero-order chi connectivity index (χ0) is 13.8. The summed E-state index contributed by atoms with van der Waals surface area (Å²) in [6, 6.07) is 11.0. The first-order valence-corrected chi connectivity index (χ1v) is 6.91. The summed E-state index contributed by atoms with van der Waals surface area (Å²) in [5.41, 5.74) is 9.20. The topological polar surface area (TPSA) is 42.1 Å². The molecule has 1 aromatic heterocycles. The molecule has 102 valence electrons. The van der Waals surface area contributed by atoms with Crippen LogP contribution in [0.2, 0.25) is 0 Å². The molecule has 0 amide bonds. The summed E-state index contributed by atoms with van der Waals surface area (Å²) in [5.74, 6) is 0. The summed E-state index contributed by atoms with van der Waals surface area (Å²) in [7, 11) is 0. The van der Waals surface area contributed by atoms with E-state index >= 15 is 0 Å². The second kappa shape index (κ2) is 6.13. The van der Waals surface area contributed by atoms with Crippen molar-refractivity contribution in [2.24, 2.45) is 5.73 Å². The van der Waals surface area contributed by atoms with Crippen LogP contribution in [0.25, 0.3) is 10.9 Å². The molecule has 0 aliphatic heterocycles. The van der Waals surface area contributed by atoms with Crippen LogP contribution in [0.15, 0.2) is 30.3 Å². The van der Waals surface area contributed by atoms with Crippen LogP contribution in [0.1, 0.15) is 25.1 Å². The fraction of sp³-hybridized carbons (Fsp3) is 0.438. The maximum absolute atomic E-state index is 5.71. The quantitative estimate of drug-likeness (QED) is 0.895. The van der Waals surface area contributed by atoms with Crippen molar-refractivity contribution in [1.82, 2.24) is 9.88 Å². The summed E-state index contributed by atoms with van der Waals surface area (Å²) >= 11 is 0. The van der Waals surface area contributed by atoms with Crippen LogP contribution in [0.3, 0.4) is 0 Å². The number of rotatable bonds is 5. The monoisotopic (exact) mass is 257 g/mol. The van der Waals surface area contributed by atoms with E-state index < -0.39 is 0 Å². The van der Waals surface area contributed by atoms with Gasteiger partial charge in [0.1, 0.15) is 0 Å². The van der Waals surface area contributed by atoms with Gasteiger partial charge in [-0.2, -0.15) is 0 Å². The van der Waals surface area contributed by atoms with Gasteiger partial charge in [-0.3, -0.25) is 9.88 Å². The Bertz CT molecular complexity index is 549. The molecule has 19 heavy (non-hydrogen) atoms. The average molecular weight is 257 g/mol. The van der Waals surface area contributed by atoms with E-state index in [9.17, 15) is 0 Å². The van der Waals surface area contributed by atoms with Crippen LogP contribution in [0.4, 0.5) is 0 Å². The SMILES string of the molecule is Cc1cc(CN(CCN)C(C)C)c2ccccc2n1. The minimum atomic E-state index is 0.496. The molecule has 0 radical (unpaired) electrons. The lowest BCUT2D eigenvalue weighted by atomic mass is 10.1. The van der Waals surface area contributed by atoms with E-state index in [0.717, 1.165) is 24.3 Å². The smallest absolute Gasteiger partial charge is 0.0708 e. The minimum absolute atomic E-state index is 0.496. The Balaban J connectivity index is 2.38. The molecule has 2 aromatic rings. The Morgan fingerprint density at radius 3 is 2.68 bits per heavy atom. The third-order valence-corrected chi connectivity index (χ3v) is 3.45. The molecule has 3 heteroatoms. The number of hydrogen-bond donors (Lipinski definition) is 1. The Morgan fingerprint density at radius 2 is 2.00 bits per heavy atom. The Hall–Kier alpha value is -1.45. The van der Waals surface area contributed by atoms with E-state index in [4.69, 9.17) is 5.73 Å². The third-order valence-electron chi connectivity index (χ3n) is 3.45. The van der Waals surface area contributed by atoms with E-state index in [1.807, 2.05) is 6.07 Å². The summed E-state index contributed by atoms with van der Waals surface area (Å²) < 4.78 is 0. The highest BCUT2D eigenvalue weighted by Crippen LogP contribution is 2.20. The lowest BCUT2D eigenvalue weighted by Gasteiger charge is -2.26. The predicted octanol–water partition coefficient (Wildman–Crippen LogP) is 2.71. The molecule has 0 unspecified atom stereocenters. The first kappa shape index (κ1) is 14.0. The van der Waals surface area contributed by atoms with Crippen molar-refractivity contribution in [2.45, 2.75) is 33.4 Å². The van der Waals surface area contributed by atoms with Crippen LogP contribution < -0.4 is 5.73 Å². The fourth-order valence-electron chi connectivity index (χ4n) is 2.43. The zero-order valence-corrected chi connectivity index (χ0v) is 12.1. The normalized spacial score (nSPS) is 11.7. The summed E-state index contributed by atoms with van der Waals surface area (Å²) in [4.78, 5) is 7.00. The fourth-order valence-corrected chi connectivity index (χ4v) is 2.43. The van der Waals surface area contributed by atoms with E-state index in [-0.39, 0.29) is 0 Å². The molecule has 0 saturated carbocycles. The molecule has 1 aromatic carbocycles. The molecule has 0 atom stereocenters.